The summed E-state index contributed by atoms with van der Waals surface area (Å²) in [5.74, 6) is -0.459. The van der Waals surface area contributed by atoms with Crippen LogP contribution in [0.2, 0.25) is 0 Å². The normalized spacial score (nSPS) is 15.2. The number of amides is 2. The van der Waals surface area contributed by atoms with Gasteiger partial charge in [-0.2, -0.15) is 0 Å². The van der Waals surface area contributed by atoms with Gasteiger partial charge in [0.2, 0.25) is 0 Å². The lowest BCUT2D eigenvalue weighted by Crippen LogP contribution is -2.35. The highest BCUT2D eigenvalue weighted by atomic mass is 16.2. The van der Waals surface area contributed by atoms with Crippen molar-refractivity contribution in [2.24, 2.45) is 0 Å². The molecule has 2 amide bonds. The van der Waals surface area contributed by atoms with E-state index >= 15 is 0 Å². The Hall–Kier alpha value is -3.47. The molecule has 28 heavy (non-hydrogen) atoms. The van der Waals surface area contributed by atoms with Crippen LogP contribution in [0.1, 0.15) is 38.9 Å². The largest absolute Gasteiger partial charge is 0.321 e. The van der Waals surface area contributed by atoms with Crippen LogP contribution in [0.4, 0.5) is 11.4 Å². The van der Waals surface area contributed by atoms with E-state index in [0.29, 0.717) is 11.3 Å². The monoisotopic (exact) mass is 371 g/mol. The molecule has 1 aliphatic rings. The average molecular weight is 371 g/mol. The summed E-state index contributed by atoms with van der Waals surface area (Å²) in [6.07, 6.45) is 2.33. The zero-order valence-corrected chi connectivity index (χ0v) is 15.8. The summed E-state index contributed by atoms with van der Waals surface area (Å²) in [4.78, 5) is 31.7. The number of nitrogens with one attached hydrogen (secondary N) is 1. The summed E-state index contributed by atoms with van der Waals surface area (Å²) >= 11 is 0. The van der Waals surface area contributed by atoms with Crippen molar-refractivity contribution < 1.29 is 9.59 Å². The molecule has 2 heterocycles. The van der Waals surface area contributed by atoms with Crippen LogP contribution < -0.4 is 10.2 Å². The van der Waals surface area contributed by atoms with E-state index < -0.39 is 0 Å². The Morgan fingerprint density at radius 3 is 2.71 bits per heavy atom. The van der Waals surface area contributed by atoms with Crippen LogP contribution in [0, 0.1) is 6.92 Å². The zero-order chi connectivity index (χ0) is 19.7. The lowest BCUT2D eigenvalue weighted by atomic mass is 10.1. The number of anilines is 2. The zero-order valence-electron chi connectivity index (χ0n) is 15.8. The van der Waals surface area contributed by atoms with Crippen LogP contribution in [-0.2, 0) is 6.42 Å². The first-order valence-electron chi connectivity index (χ1n) is 9.28. The van der Waals surface area contributed by atoms with Crippen molar-refractivity contribution in [3.05, 3.63) is 89.2 Å². The fourth-order valence-corrected chi connectivity index (χ4v) is 3.62. The highest BCUT2D eigenvalue weighted by Crippen LogP contribution is 2.33. The molecule has 1 aliphatic heterocycles. The van der Waals surface area contributed by atoms with Gasteiger partial charge in [-0.25, -0.2) is 0 Å². The first-order valence-corrected chi connectivity index (χ1v) is 9.28. The number of carbonyl (C=O) groups excluding carboxylic acids is 2. The average Bonchev–Trinajstić information content (AvgIpc) is 3.03. The summed E-state index contributed by atoms with van der Waals surface area (Å²) in [5, 5.41) is 2.83. The number of pyridine rings is 1. The summed E-state index contributed by atoms with van der Waals surface area (Å²) < 4.78 is 0. The Labute approximate surface area is 164 Å². The minimum atomic E-state index is -0.338. The molecule has 5 nitrogen and oxygen atoms in total. The number of carbonyl (C=O) groups is 2. The molecule has 1 unspecified atom stereocenters. The van der Waals surface area contributed by atoms with Gasteiger partial charge in [0.15, 0.2) is 0 Å². The molecule has 1 atom stereocenters. The Bertz CT molecular complexity index is 1060. The third-order valence-corrected chi connectivity index (χ3v) is 4.94. The molecule has 0 spiro atoms. The van der Waals surface area contributed by atoms with E-state index in [0.717, 1.165) is 23.2 Å². The van der Waals surface area contributed by atoms with Crippen LogP contribution in [0.25, 0.3) is 0 Å². The molecular weight excluding hydrogens is 350 g/mol. The molecule has 4 rings (SSSR count). The molecule has 0 radical (unpaired) electrons. The SMILES string of the molecule is Cc1cccc(NC(=O)c2cc(C(=O)N3c4ccccc4CC3C)ccn2)c1. The standard InChI is InChI=1S/C23H21N3O2/c1-15-6-5-8-19(12-15)25-22(27)20-14-18(10-11-24-20)23(28)26-16(2)13-17-7-3-4-9-21(17)26/h3-12,14,16H,13H2,1-2H3,(H,25,27). The molecule has 3 aromatic rings. The predicted octanol–water partition coefficient (Wildman–Crippen LogP) is 4.23. The van der Waals surface area contributed by atoms with Gasteiger partial charge in [-0.3, -0.25) is 14.6 Å². The number of aromatic nitrogens is 1. The Kier molecular flexibility index (Phi) is 4.65. The molecule has 0 bridgehead atoms. The van der Waals surface area contributed by atoms with Crippen molar-refractivity contribution in [2.75, 3.05) is 10.2 Å². The van der Waals surface area contributed by atoms with E-state index in [2.05, 4.69) is 10.3 Å². The van der Waals surface area contributed by atoms with Gasteiger partial charge in [0.25, 0.3) is 11.8 Å². The third-order valence-electron chi connectivity index (χ3n) is 4.94. The minimum Gasteiger partial charge on any atom is -0.321 e. The number of benzene rings is 2. The van der Waals surface area contributed by atoms with Gasteiger partial charge in [0.1, 0.15) is 5.69 Å². The summed E-state index contributed by atoms with van der Waals surface area (Å²) in [5.41, 5.74) is 4.51. The maximum Gasteiger partial charge on any atom is 0.274 e. The van der Waals surface area contributed by atoms with E-state index in [9.17, 15) is 9.59 Å². The van der Waals surface area contributed by atoms with Gasteiger partial charge >= 0.3 is 0 Å². The number of para-hydroxylation sites is 1. The maximum atomic E-state index is 13.2. The van der Waals surface area contributed by atoms with Crippen molar-refractivity contribution in [1.29, 1.82) is 0 Å². The van der Waals surface area contributed by atoms with Crippen LogP contribution in [0.15, 0.2) is 66.9 Å². The molecule has 0 saturated carbocycles. The van der Waals surface area contributed by atoms with Crippen molar-refractivity contribution >= 4 is 23.2 Å². The van der Waals surface area contributed by atoms with Crippen molar-refractivity contribution in [3.8, 4) is 0 Å². The van der Waals surface area contributed by atoms with Gasteiger partial charge in [-0.05, 0) is 61.7 Å². The van der Waals surface area contributed by atoms with E-state index in [-0.39, 0.29) is 23.6 Å². The van der Waals surface area contributed by atoms with Crippen molar-refractivity contribution in [2.45, 2.75) is 26.3 Å². The molecule has 5 heteroatoms. The molecule has 1 N–H and O–H groups in total. The van der Waals surface area contributed by atoms with Gasteiger partial charge in [0.05, 0.1) is 0 Å². The molecule has 140 valence electrons. The second kappa shape index (κ2) is 7.27. The molecule has 1 aromatic heterocycles. The highest BCUT2D eigenvalue weighted by Gasteiger charge is 2.31. The Balaban J connectivity index is 1.58. The van der Waals surface area contributed by atoms with Crippen LogP contribution in [-0.4, -0.2) is 22.8 Å². The second-order valence-electron chi connectivity index (χ2n) is 7.11. The van der Waals surface area contributed by atoms with Crippen LogP contribution in [0.3, 0.4) is 0 Å². The topological polar surface area (TPSA) is 62.3 Å². The molecule has 0 aliphatic carbocycles. The summed E-state index contributed by atoms with van der Waals surface area (Å²) in [7, 11) is 0. The highest BCUT2D eigenvalue weighted by molar-refractivity contribution is 6.10. The predicted molar refractivity (Wildman–Crippen MR) is 110 cm³/mol. The Morgan fingerprint density at radius 2 is 1.89 bits per heavy atom. The number of hydrogen-bond acceptors (Lipinski definition) is 3. The number of fused-ring (bicyclic) bond motifs is 1. The third kappa shape index (κ3) is 3.39. The lowest BCUT2D eigenvalue weighted by Gasteiger charge is -2.23. The molecular formula is C23H21N3O2. The van der Waals surface area contributed by atoms with Gasteiger partial charge in [-0.1, -0.05) is 30.3 Å². The van der Waals surface area contributed by atoms with Crippen molar-refractivity contribution in [3.63, 3.8) is 0 Å². The van der Waals surface area contributed by atoms with Gasteiger partial charge < -0.3 is 10.2 Å². The maximum absolute atomic E-state index is 13.2. The van der Waals surface area contributed by atoms with E-state index in [1.54, 1.807) is 17.0 Å². The first-order chi connectivity index (χ1) is 13.5. The fraction of sp³-hybridized carbons (Fsp3) is 0.174. The number of rotatable bonds is 3. The summed E-state index contributed by atoms with van der Waals surface area (Å²) in [6, 6.07) is 18.8. The Morgan fingerprint density at radius 1 is 1.07 bits per heavy atom. The molecule has 0 saturated heterocycles. The number of nitrogens with zero attached hydrogens (tertiary/aromatic N) is 2. The van der Waals surface area contributed by atoms with Crippen molar-refractivity contribution in [1.82, 2.24) is 4.98 Å². The second-order valence-corrected chi connectivity index (χ2v) is 7.11. The smallest absolute Gasteiger partial charge is 0.274 e. The first kappa shape index (κ1) is 17.9. The van der Waals surface area contributed by atoms with Crippen LogP contribution >= 0.6 is 0 Å². The quantitative estimate of drug-likeness (QED) is 0.749. The van der Waals surface area contributed by atoms with Crippen LogP contribution in [0.5, 0.6) is 0 Å². The lowest BCUT2D eigenvalue weighted by molar-refractivity contribution is 0.0981. The fourth-order valence-electron chi connectivity index (χ4n) is 3.62. The van der Waals surface area contributed by atoms with Gasteiger partial charge in [0, 0.05) is 29.2 Å². The molecule has 0 fully saturated rings. The van der Waals surface area contributed by atoms with E-state index in [4.69, 9.17) is 0 Å². The molecule has 2 aromatic carbocycles. The summed E-state index contributed by atoms with van der Waals surface area (Å²) in [6.45, 7) is 3.99. The van der Waals surface area contributed by atoms with E-state index in [1.807, 2.05) is 62.4 Å². The van der Waals surface area contributed by atoms with E-state index in [1.165, 1.54) is 6.20 Å². The number of aryl methyl sites for hydroxylation is 1. The van der Waals surface area contributed by atoms with Gasteiger partial charge in [-0.15, -0.1) is 0 Å². The minimum absolute atomic E-state index is 0.0719. The number of hydrogen-bond donors (Lipinski definition) is 1.